The van der Waals surface area contributed by atoms with E-state index in [0.717, 1.165) is 29.0 Å². The Bertz CT molecular complexity index is 543. The number of rotatable bonds is 4. The first kappa shape index (κ1) is 12.9. The minimum absolute atomic E-state index is 0.685. The lowest BCUT2D eigenvalue weighted by atomic mass is 10.0. The summed E-state index contributed by atoms with van der Waals surface area (Å²) < 4.78 is 5.35. The zero-order chi connectivity index (χ0) is 13.0. The Morgan fingerprint density at radius 1 is 1.28 bits per heavy atom. The molecule has 18 heavy (non-hydrogen) atoms. The fraction of sp³-hybridized carbons (Fsp3) is 0.214. The summed E-state index contributed by atoms with van der Waals surface area (Å²) in [5.41, 5.74) is 3.08. The Kier molecular flexibility index (Phi) is 4.18. The molecule has 1 heterocycles. The molecule has 0 aliphatic rings. The van der Waals surface area contributed by atoms with Gasteiger partial charge in [0.25, 0.3) is 0 Å². The molecule has 3 nitrogen and oxygen atoms in total. The summed E-state index contributed by atoms with van der Waals surface area (Å²) >= 11 is 6.04. The highest BCUT2D eigenvalue weighted by atomic mass is 35.5. The van der Waals surface area contributed by atoms with Crippen molar-refractivity contribution >= 4 is 11.6 Å². The number of pyridine rings is 1. The molecule has 2 aromatic rings. The monoisotopic (exact) mass is 262 g/mol. The minimum atomic E-state index is 0.685. The molecule has 0 amide bonds. The van der Waals surface area contributed by atoms with Crippen LogP contribution >= 0.6 is 11.6 Å². The van der Waals surface area contributed by atoms with E-state index in [0.29, 0.717) is 5.02 Å². The second-order valence-corrected chi connectivity index (χ2v) is 4.39. The van der Waals surface area contributed by atoms with E-state index in [9.17, 15) is 0 Å². The van der Waals surface area contributed by atoms with Gasteiger partial charge in [0.05, 0.1) is 7.11 Å². The Hall–Kier alpha value is -1.58. The van der Waals surface area contributed by atoms with Crippen LogP contribution in [-0.2, 0) is 6.54 Å². The molecule has 0 radical (unpaired) electrons. The average Bonchev–Trinajstić information content (AvgIpc) is 2.39. The van der Waals surface area contributed by atoms with Gasteiger partial charge in [0.2, 0.25) is 0 Å². The van der Waals surface area contributed by atoms with E-state index in [1.54, 1.807) is 7.11 Å². The van der Waals surface area contributed by atoms with E-state index in [1.165, 1.54) is 0 Å². The number of nitrogens with one attached hydrogen (secondary N) is 1. The topological polar surface area (TPSA) is 34.2 Å². The molecule has 0 aliphatic heterocycles. The van der Waals surface area contributed by atoms with E-state index in [1.807, 2.05) is 37.6 Å². The van der Waals surface area contributed by atoms with Gasteiger partial charge in [-0.3, -0.25) is 4.98 Å². The van der Waals surface area contributed by atoms with E-state index in [-0.39, 0.29) is 0 Å². The number of ether oxygens (including phenoxy) is 1. The van der Waals surface area contributed by atoms with Crippen molar-refractivity contribution in [3.8, 4) is 16.9 Å². The molecule has 0 unspecified atom stereocenters. The summed E-state index contributed by atoms with van der Waals surface area (Å²) in [5, 5.41) is 3.79. The number of aromatic nitrogens is 1. The molecule has 0 spiro atoms. The van der Waals surface area contributed by atoms with Gasteiger partial charge in [-0.05, 0) is 36.9 Å². The van der Waals surface area contributed by atoms with Gasteiger partial charge in [-0.1, -0.05) is 11.6 Å². The third-order valence-corrected chi connectivity index (χ3v) is 2.88. The predicted molar refractivity (Wildman–Crippen MR) is 74.0 cm³/mol. The number of hydrogen-bond donors (Lipinski definition) is 1. The molecule has 0 aliphatic carbocycles. The van der Waals surface area contributed by atoms with Crippen LogP contribution in [0.3, 0.4) is 0 Å². The number of nitrogens with zero attached hydrogens (tertiary/aromatic N) is 1. The fourth-order valence-corrected chi connectivity index (χ4v) is 2.01. The van der Waals surface area contributed by atoms with Gasteiger partial charge in [0.1, 0.15) is 5.75 Å². The maximum Gasteiger partial charge on any atom is 0.126 e. The van der Waals surface area contributed by atoms with Gasteiger partial charge in [-0.25, -0.2) is 0 Å². The number of halogens is 1. The van der Waals surface area contributed by atoms with Crippen LogP contribution in [0.1, 0.15) is 5.56 Å². The standard InChI is InChI=1S/C14H15ClN2O/c1-16-7-10-5-11(9-17-8-10)13-6-12(15)3-4-14(13)18-2/h3-6,8-9,16H,7H2,1-2H3. The quantitative estimate of drug-likeness (QED) is 0.919. The van der Waals surface area contributed by atoms with Crippen LogP contribution in [0.15, 0.2) is 36.7 Å². The fourth-order valence-electron chi connectivity index (χ4n) is 1.84. The average molecular weight is 263 g/mol. The zero-order valence-corrected chi connectivity index (χ0v) is 11.2. The minimum Gasteiger partial charge on any atom is -0.496 e. The highest BCUT2D eigenvalue weighted by Gasteiger charge is 2.07. The molecular weight excluding hydrogens is 248 g/mol. The van der Waals surface area contributed by atoms with Gasteiger partial charge in [-0.2, -0.15) is 0 Å². The Labute approximate surface area is 112 Å². The molecule has 1 N–H and O–H groups in total. The molecule has 4 heteroatoms. The Morgan fingerprint density at radius 2 is 2.11 bits per heavy atom. The SMILES string of the molecule is CNCc1cncc(-c2cc(Cl)ccc2OC)c1. The number of hydrogen-bond acceptors (Lipinski definition) is 3. The Morgan fingerprint density at radius 3 is 2.83 bits per heavy atom. The maximum absolute atomic E-state index is 6.04. The molecular formula is C14H15ClN2O. The van der Waals surface area contributed by atoms with Crippen molar-refractivity contribution in [1.82, 2.24) is 10.3 Å². The van der Waals surface area contributed by atoms with E-state index in [2.05, 4.69) is 16.4 Å². The molecule has 0 saturated heterocycles. The lowest BCUT2D eigenvalue weighted by molar-refractivity contribution is 0.416. The van der Waals surface area contributed by atoms with Crippen molar-refractivity contribution in [1.29, 1.82) is 0 Å². The Balaban J connectivity index is 2.47. The van der Waals surface area contributed by atoms with Crippen LogP contribution in [-0.4, -0.2) is 19.1 Å². The van der Waals surface area contributed by atoms with Crippen molar-refractivity contribution in [2.75, 3.05) is 14.2 Å². The summed E-state index contributed by atoms with van der Waals surface area (Å²) in [6.07, 6.45) is 3.66. The normalized spacial score (nSPS) is 10.4. The van der Waals surface area contributed by atoms with Crippen molar-refractivity contribution in [2.45, 2.75) is 6.54 Å². The van der Waals surface area contributed by atoms with Crippen molar-refractivity contribution < 1.29 is 4.74 Å². The summed E-state index contributed by atoms with van der Waals surface area (Å²) in [4.78, 5) is 4.25. The first-order chi connectivity index (χ1) is 8.74. The predicted octanol–water partition coefficient (Wildman–Crippen LogP) is 3.13. The summed E-state index contributed by atoms with van der Waals surface area (Å²) in [6.45, 7) is 0.781. The van der Waals surface area contributed by atoms with Crippen LogP contribution in [0, 0.1) is 0 Å². The van der Waals surface area contributed by atoms with Gasteiger partial charge in [-0.15, -0.1) is 0 Å². The first-order valence-electron chi connectivity index (χ1n) is 5.67. The second-order valence-electron chi connectivity index (χ2n) is 3.96. The van der Waals surface area contributed by atoms with Gasteiger partial charge in [0.15, 0.2) is 0 Å². The first-order valence-corrected chi connectivity index (χ1v) is 6.05. The number of benzene rings is 1. The van der Waals surface area contributed by atoms with E-state index < -0.39 is 0 Å². The van der Waals surface area contributed by atoms with Gasteiger partial charge >= 0.3 is 0 Å². The second kappa shape index (κ2) is 5.85. The van der Waals surface area contributed by atoms with E-state index in [4.69, 9.17) is 16.3 Å². The van der Waals surface area contributed by atoms with Crippen molar-refractivity contribution in [3.63, 3.8) is 0 Å². The third-order valence-electron chi connectivity index (χ3n) is 2.65. The highest BCUT2D eigenvalue weighted by molar-refractivity contribution is 6.31. The van der Waals surface area contributed by atoms with Crippen LogP contribution in [0.5, 0.6) is 5.75 Å². The molecule has 0 saturated carbocycles. The summed E-state index contributed by atoms with van der Waals surface area (Å²) in [5.74, 6) is 0.794. The highest BCUT2D eigenvalue weighted by Crippen LogP contribution is 2.32. The van der Waals surface area contributed by atoms with Crippen LogP contribution in [0.2, 0.25) is 5.02 Å². The third kappa shape index (κ3) is 2.81. The molecule has 0 atom stereocenters. The lowest BCUT2D eigenvalue weighted by Gasteiger charge is -2.10. The molecule has 94 valence electrons. The van der Waals surface area contributed by atoms with Crippen LogP contribution in [0.25, 0.3) is 11.1 Å². The van der Waals surface area contributed by atoms with Crippen molar-refractivity contribution in [3.05, 3.63) is 47.2 Å². The molecule has 1 aromatic carbocycles. The largest absolute Gasteiger partial charge is 0.496 e. The molecule has 1 aromatic heterocycles. The van der Waals surface area contributed by atoms with Crippen LogP contribution < -0.4 is 10.1 Å². The molecule has 0 fully saturated rings. The smallest absolute Gasteiger partial charge is 0.126 e. The van der Waals surface area contributed by atoms with Gasteiger partial charge in [0, 0.05) is 35.1 Å². The molecule has 2 rings (SSSR count). The van der Waals surface area contributed by atoms with E-state index >= 15 is 0 Å². The summed E-state index contributed by atoms with van der Waals surface area (Å²) in [7, 11) is 3.56. The number of methoxy groups -OCH3 is 1. The zero-order valence-electron chi connectivity index (χ0n) is 10.4. The van der Waals surface area contributed by atoms with Crippen LogP contribution in [0.4, 0.5) is 0 Å². The lowest BCUT2D eigenvalue weighted by Crippen LogP contribution is -2.05. The van der Waals surface area contributed by atoms with Crippen molar-refractivity contribution in [2.24, 2.45) is 0 Å². The summed E-state index contributed by atoms with van der Waals surface area (Å²) in [6, 6.07) is 7.65. The maximum atomic E-state index is 6.04. The molecule has 0 bridgehead atoms. The van der Waals surface area contributed by atoms with Gasteiger partial charge < -0.3 is 10.1 Å².